The molecular formula is C19H16N4O4S2. The molecule has 0 aliphatic heterocycles. The number of aromatic nitrogens is 2. The summed E-state index contributed by atoms with van der Waals surface area (Å²) in [6.07, 6.45) is 1.80. The molecule has 0 bridgehead atoms. The molecule has 0 saturated heterocycles. The summed E-state index contributed by atoms with van der Waals surface area (Å²) in [7, 11) is 0. The van der Waals surface area contributed by atoms with Gasteiger partial charge in [0.1, 0.15) is 26.4 Å². The number of carbonyl (C=O) groups excluding carboxylic acids is 2. The van der Waals surface area contributed by atoms with Crippen LogP contribution in [-0.2, 0) is 4.74 Å². The van der Waals surface area contributed by atoms with Crippen molar-refractivity contribution in [1.29, 1.82) is 5.26 Å². The van der Waals surface area contributed by atoms with E-state index < -0.39 is 17.3 Å². The first-order valence-electron chi connectivity index (χ1n) is 8.45. The normalized spacial score (nSPS) is 10.7. The van der Waals surface area contributed by atoms with Crippen LogP contribution in [0, 0.1) is 18.3 Å². The first-order valence-corrected chi connectivity index (χ1v) is 10.5. The van der Waals surface area contributed by atoms with E-state index in [2.05, 4.69) is 9.97 Å². The summed E-state index contributed by atoms with van der Waals surface area (Å²) >= 11 is 2.33. The van der Waals surface area contributed by atoms with Crippen LogP contribution in [0.3, 0.4) is 0 Å². The van der Waals surface area contributed by atoms with Crippen molar-refractivity contribution in [1.82, 2.24) is 9.97 Å². The van der Waals surface area contributed by atoms with E-state index in [9.17, 15) is 19.6 Å². The third kappa shape index (κ3) is 3.62. The Morgan fingerprint density at radius 1 is 1.38 bits per heavy atom. The second-order valence-corrected chi connectivity index (χ2v) is 7.75. The molecule has 3 heterocycles. The monoisotopic (exact) mass is 428 g/mol. The lowest BCUT2D eigenvalue weighted by atomic mass is 10.0. The number of carbonyl (C=O) groups is 2. The number of aromatic amines is 1. The van der Waals surface area contributed by atoms with Crippen molar-refractivity contribution in [2.45, 2.75) is 18.9 Å². The van der Waals surface area contributed by atoms with E-state index in [-0.39, 0.29) is 28.3 Å². The Bertz CT molecular complexity index is 1250. The highest BCUT2D eigenvalue weighted by molar-refractivity contribution is 7.98. The van der Waals surface area contributed by atoms with Gasteiger partial charge in [-0.05, 0) is 32.2 Å². The molecule has 29 heavy (non-hydrogen) atoms. The Balaban J connectivity index is 2.15. The van der Waals surface area contributed by atoms with Crippen molar-refractivity contribution in [3.8, 4) is 6.07 Å². The molecule has 0 fully saturated rings. The second-order valence-electron chi connectivity index (χ2n) is 5.94. The third-order valence-electron chi connectivity index (χ3n) is 4.18. The molecule has 8 nitrogen and oxygen atoms in total. The number of thioether (sulfide) groups is 1. The summed E-state index contributed by atoms with van der Waals surface area (Å²) in [5.74, 6) is -1.17. The Morgan fingerprint density at radius 2 is 2.10 bits per heavy atom. The average molecular weight is 428 g/mol. The molecular weight excluding hydrogens is 412 g/mol. The number of H-pyrrole nitrogens is 1. The van der Waals surface area contributed by atoms with Crippen LogP contribution in [0.25, 0.3) is 10.2 Å². The van der Waals surface area contributed by atoms with Crippen molar-refractivity contribution < 1.29 is 14.3 Å². The number of hydrogen-bond donors (Lipinski definition) is 2. The maximum Gasteiger partial charge on any atom is 0.343 e. The van der Waals surface area contributed by atoms with Gasteiger partial charge in [0.15, 0.2) is 0 Å². The number of ketones is 1. The maximum atomic E-state index is 13.1. The molecule has 0 unspecified atom stereocenters. The van der Waals surface area contributed by atoms with Crippen LogP contribution in [0.4, 0.5) is 5.69 Å². The summed E-state index contributed by atoms with van der Waals surface area (Å²) in [5.41, 5.74) is 6.53. The number of nitrogen functional groups attached to an aromatic ring is 1. The quantitative estimate of drug-likeness (QED) is 0.359. The smallest absolute Gasteiger partial charge is 0.343 e. The molecule has 3 N–H and O–H groups in total. The number of nitrogens with zero attached hydrogens (tertiary/aromatic N) is 2. The first-order chi connectivity index (χ1) is 13.8. The minimum atomic E-state index is -0.763. The Kier molecular flexibility index (Phi) is 5.72. The topological polar surface area (TPSA) is 139 Å². The van der Waals surface area contributed by atoms with Gasteiger partial charge in [0, 0.05) is 16.6 Å². The standard InChI is InChI=1S/C19H16N4O4S2/c1-4-27-19(26)12-6-11-13(21)15(29-18(11)23-16(12)25)14(24)10-5-9(7-20)17(28-3)22-8(10)2/h5-6H,4,21H2,1-3H3,(H,23,25). The number of nitrogens with two attached hydrogens (primary N) is 1. The van der Waals surface area contributed by atoms with E-state index in [0.717, 1.165) is 11.3 Å². The number of rotatable bonds is 5. The fraction of sp³-hybridized carbons (Fsp3) is 0.211. The van der Waals surface area contributed by atoms with Gasteiger partial charge in [0.2, 0.25) is 5.78 Å². The van der Waals surface area contributed by atoms with Gasteiger partial charge in [-0.2, -0.15) is 5.26 Å². The Labute approximate surface area is 173 Å². The molecule has 3 aromatic heterocycles. The molecule has 10 heteroatoms. The number of ether oxygens (including phenoxy) is 1. The highest BCUT2D eigenvalue weighted by Crippen LogP contribution is 2.34. The van der Waals surface area contributed by atoms with Crippen molar-refractivity contribution in [2.24, 2.45) is 0 Å². The van der Waals surface area contributed by atoms with Crippen LogP contribution in [0.1, 0.15) is 43.8 Å². The highest BCUT2D eigenvalue weighted by Gasteiger charge is 2.24. The van der Waals surface area contributed by atoms with Crippen molar-refractivity contribution in [3.05, 3.63) is 49.7 Å². The van der Waals surface area contributed by atoms with E-state index >= 15 is 0 Å². The van der Waals surface area contributed by atoms with E-state index in [0.29, 0.717) is 26.5 Å². The number of nitriles is 1. The van der Waals surface area contributed by atoms with Gasteiger partial charge in [-0.25, -0.2) is 9.78 Å². The number of anilines is 1. The predicted molar refractivity (Wildman–Crippen MR) is 112 cm³/mol. The number of thiophene rings is 1. The summed E-state index contributed by atoms with van der Waals surface area (Å²) in [5, 5.41) is 10.2. The zero-order valence-electron chi connectivity index (χ0n) is 15.8. The molecule has 0 atom stereocenters. The Hall–Kier alpha value is -3.16. The fourth-order valence-corrected chi connectivity index (χ4v) is 4.38. The van der Waals surface area contributed by atoms with Gasteiger partial charge in [-0.3, -0.25) is 9.59 Å². The molecule has 0 spiro atoms. The van der Waals surface area contributed by atoms with Gasteiger partial charge in [0.05, 0.1) is 17.9 Å². The molecule has 0 aromatic carbocycles. The van der Waals surface area contributed by atoms with Crippen molar-refractivity contribution in [3.63, 3.8) is 0 Å². The number of hydrogen-bond acceptors (Lipinski definition) is 9. The summed E-state index contributed by atoms with van der Waals surface area (Å²) < 4.78 is 4.88. The SMILES string of the molecule is CCOC(=O)c1cc2c(N)c(C(=O)c3cc(C#N)c(SC)nc3C)sc2[nH]c1=O. The number of fused-ring (bicyclic) bond motifs is 1. The molecule has 0 radical (unpaired) electrons. The van der Waals surface area contributed by atoms with E-state index in [4.69, 9.17) is 10.5 Å². The van der Waals surface area contributed by atoms with E-state index in [1.807, 2.05) is 6.07 Å². The van der Waals surface area contributed by atoms with Gasteiger partial charge >= 0.3 is 5.97 Å². The molecule has 3 aromatic rings. The highest BCUT2D eigenvalue weighted by atomic mass is 32.2. The number of aryl methyl sites for hydroxylation is 1. The van der Waals surface area contributed by atoms with Crippen LogP contribution in [0.15, 0.2) is 22.0 Å². The lowest BCUT2D eigenvalue weighted by Gasteiger charge is -2.07. The van der Waals surface area contributed by atoms with E-state index in [1.165, 1.54) is 23.9 Å². The summed E-state index contributed by atoms with van der Waals surface area (Å²) in [4.78, 5) is 44.8. The van der Waals surface area contributed by atoms with E-state index in [1.54, 1.807) is 20.1 Å². The lowest BCUT2D eigenvalue weighted by Crippen LogP contribution is -2.19. The maximum absolute atomic E-state index is 13.1. The largest absolute Gasteiger partial charge is 0.462 e. The van der Waals surface area contributed by atoms with Crippen LogP contribution in [0.5, 0.6) is 0 Å². The molecule has 0 aliphatic rings. The third-order valence-corrected chi connectivity index (χ3v) is 6.02. The summed E-state index contributed by atoms with van der Waals surface area (Å²) in [6.45, 7) is 3.44. The molecule has 0 saturated carbocycles. The predicted octanol–water partition coefficient (Wildman–Crippen LogP) is 2.88. The van der Waals surface area contributed by atoms with Crippen molar-refractivity contribution >= 4 is 50.8 Å². The minimum Gasteiger partial charge on any atom is -0.462 e. The zero-order valence-corrected chi connectivity index (χ0v) is 17.4. The van der Waals surface area contributed by atoms with Gasteiger partial charge in [-0.15, -0.1) is 23.1 Å². The second kappa shape index (κ2) is 8.06. The first kappa shape index (κ1) is 20.6. The number of nitrogens with one attached hydrogen (secondary N) is 1. The lowest BCUT2D eigenvalue weighted by molar-refractivity contribution is 0.0524. The van der Waals surface area contributed by atoms with Gasteiger partial charge in [0.25, 0.3) is 5.56 Å². The zero-order chi connectivity index (χ0) is 21.3. The molecule has 0 amide bonds. The van der Waals surface area contributed by atoms with Crippen LogP contribution in [-0.4, -0.2) is 34.6 Å². The molecule has 3 rings (SSSR count). The van der Waals surface area contributed by atoms with Crippen LogP contribution in [0.2, 0.25) is 0 Å². The molecule has 0 aliphatic carbocycles. The van der Waals surface area contributed by atoms with Crippen LogP contribution < -0.4 is 11.3 Å². The molecule has 148 valence electrons. The van der Waals surface area contributed by atoms with Gasteiger partial charge in [-0.1, -0.05) is 0 Å². The van der Waals surface area contributed by atoms with Crippen LogP contribution >= 0.6 is 23.1 Å². The number of esters is 1. The number of pyridine rings is 2. The average Bonchev–Trinajstić information content (AvgIpc) is 3.02. The fourth-order valence-electron chi connectivity index (χ4n) is 2.77. The minimum absolute atomic E-state index is 0.124. The summed E-state index contributed by atoms with van der Waals surface area (Å²) in [6, 6.07) is 4.86. The Morgan fingerprint density at radius 3 is 2.72 bits per heavy atom. The van der Waals surface area contributed by atoms with Gasteiger partial charge < -0.3 is 15.5 Å². The van der Waals surface area contributed by atoms with Crippen molar-refractivity contribution in [2.75, 3.05) is 18.6 Å².